The summed E-state index contributed by atoms with van der Waals surface area (Å²) in [5.74, 6) is -1.82. The summed E-state index contributed by atoms with van der Waals surface area (Å²) in [7, 11) is 0.706. The number of hydrogen-bond acceptors (Lipinski definition) is 5. The predicted octanol–water partition coefficient (Wildman–Crippen LogP) is 1.58. The summed E-state index contributed by atoms with van der Waals surface area (Å²) in [4.78, 5) is 36.0. The first-order valence-electron chi connectivity index (χ1n) is 8.27. The molecule has 9 nitrogen and oxygen atoms in total. The zero-order valence-corrected chi connectivity index (χ0v) is 16.5. The predicted molar refractivity (Wildman–Crippen MR) is 102 cm³/mol. The van der Waals surface area contributed by atoms with E-state index in [4.69, 9.17) is 5.11 Å². The highest BCUT2D eigenvalue weighted by Crippen LogP contribution is 2.20. The van der Waals surface area contributed by atoms with Crippen molar-refractivity contribution in [1.29, 1.82) is 0 Å². The van der Waals surface area contributed by atoms with E-state index in [1.165, 1.54) is 46.0 Å². The summed E-state index contributed by atoms with van der Waals surface area (Å²) >= 11 is 0. The van der Waals surface area contributed by atoms with Crippen molar-refractivity contribution in [3.8, 4) is 0 Å². The summed E-state index contributed by atoms with van der Waals surface area (Å²) in [6, 6.07) is 7.07. The Bertz CT molecular complexity index is 1020. The highest BCUT2D eigenvalue weighted by molar-refractivity contribution is 7.92. The van der Waals surface area contributed by atoms with Gasteiger partial charge in [0.25, 0.3) is 15.9 Å². The number of hydrogen-bond donors (Lipinski definition) is 2. The molecular formula is C18H21N3O6S. The average Bonchev–Trinajstić information content (AvgIpc) is 3.01. The molecule has 0 aliphatic carbocycles. The van der Waals surface area contributed by atoms with Gasteiger partial charge in [-0.15, -0.1) is 0 Å². The monoisotopic (exact) mass is 407 g/mol. The molecule has 0 spiro atoms. The van der Waals surface area contributed by atoms with Gasteiger partial charge in [0.1, 0.15) is 10.6 Å². The van der Waals surface area contributed by atoms with Crippen molar-refractivity contribution in [1.82, 2.24) is 9.47 Å². The van der Waals surface area contributed by atoms with Gasteiger partial charge in [-0.2, -0.15) is 0 Å². The number of nitrogens with zero attached hydrogens (tertiary/aromatic N) is 2. The van der Waals surface area contributed by atoms with Crippen molar-refractivity contribution in [2.45, 2.75) is 17.7 Å². The number of nitrogens with one attached hydrogen (secondary N) is 1. The fourth-order valence-electron chi connectivity index (χ4n) is 2.46. The van der Waals surface area contributed by atoms with Gasteiger partial charge in [0.05, 0.1) is 6.42 Å². The molecule has 1 amide bonds. The van der Waals surface area contributed by atoms with E-state index in [0.29, 0.717) is 0 Å². The third-order valence-electron chi connectivity index (χ3n) is 3.92. The van der Waals surface area contributed by atoms with Crippen LogP contribution in [0.2, 0.25) is 0 Å². The van der Waals surface area contributed by atoms with Crippen LogP contribution >= 0.6 is 0 Å². The molecule has 2 aromatic rings. The van der Waals surface area contributed by atoms with E-state index < -0.39 is 21.8 Å². The Morgan fingerprint density at radius 1 is 1.14 bits per heavy atom. The van der Waals surface area contributed by atoms with Crippen LogP contribution < -0.4 is 4.72 Å². The van der Waals surface area contributed by atoms with Gasteiger partial charge in [-0.1, -0.05) is 12.1 Å². The minimum atomic E-state index is -3.99. The number of rotatable bonds is 8. The molecule has 0 radical (unpaired) electrons. The second-order valence-corrected chi connectivity index (χ2v) is 8.06. The fourth-order valence-corrected chi connectivity index (χ4v) is 3.58. The molecule has 1 heterocycles. The van der Waals surface area contributed by atoms with Gasteiger partial charge < -0.3 is 14.6 Å². The van der Waals surface area contributed by atoms with Crippen molar-refractivity contribution < 1.29 is 27.9 Å². The molecule has 28 heavy (non-hydrogen) atoms. The molecule has 0 atom stereocenters. The molecule has 10 heteroatoms. The summed E-state index contributed by atoms with van der Waals surface area (Å²) in [6.45, 7) is 0. The van der Waals surface area contributed by atoms with Gasteiger partial charge in [-0.3, -0.25) is 19.1 Å². The number of carbonyl (C=O) groups excluding carboxylic acids is 2. The average molecular weight is 407 g/mol. The van der Waals surface area contributed by atoms with Gasteiger partial charge in [-0.05, 0) is 18.2 Å². The number of benzene rings is 1. The molecule has 0 aliphatic rings. The Labute approximate surface area is 162 Å². The minimum Gasteiger partial charge on any atom is -0.481 e. The van der Waals surface area contributed by atoms with Crippen molar-refractivity contribution in [3.63, 3.8) is 0 Å². The molecule has 2 N–H and O–H groups in total. The first-order chi connectivity index (χ1) is 13.0. The summed E-state index contributed by atoms with van der Waals surface area (Å²) in [5, 5.41) is 8.67. The zero-order valence-electron chi connectivity index (χ0n) is 15.7. The second kappa shape index (κ2) is 8.26. The van der Waals surface area contributed by atoms with E-state index in [1.54, 1.807) is 21.1 Å². The Hall–Kier alpha value is -3.14. The lowest BCUT2D eigenvalue weighted by molar-refractivity contribution is -0.136. The molecule has 150 valence electrons. The molecule has 1 aromatic heterocycles. The number of carboxylic acid groups (broad SMARTS) is 1. The highest BCUT2D eigenvalue weighted by atomic mass is 32.2. The first-order valence-corrected chi connectivity index (χ1v) is 9.75. The third-order valence-corrected chi connectivity index (χ3v) is 5.27. The van der Waals surface area contributed by atoms with E-state index in [0.717, 1.165) is 0 Å². The van der Waals surface area contributed by atoms with Crippen molar-refractivity contribution in [2.75, 3.05) is 18.8 Å². The topological polar surface area (TPSA) is 126 Å². The van der Waals surface area contributed by atoms with Crippen LogP contribution in [0.15, 0.2) is 41.4 Å². The Balaban J connectivity index is 2.24. The number of anilines is 1. The lowest BCUT2D eigenvalue weighted by Crippen LogP contribution is -2.23. The molecule has 0 saturated carbocycles. The SMILES string of the molecule is CN(C)C(=O)c1cc(S(=O)(=O)Nc2cccc(C(=O)CCC(=O)O)c2)cn1C. The van der Waals surface area contributed by atoms with Crippen LogP contribution in [0.1, 0.15) is 33.7 Å². The molecular weight excluding hydrogens is 386 g/mol. The highest BCUT2D eigenvalue weighted by Gasteiger charge is 2.22. The van der Waals surface area contributed by atoms with Crippen LogP contribution in [0.5, 0.6) is 0 Å². The number of carboxylic acids is 1. The quantitative estimate of drug-likeness (QED) is 0.640. The van der Waals surface area contributed by atoms with Gasteiger partial charge in [-0.25, -0.2) is 8.42 Å². The Morgan fingerprint density at radius 2 is 1.82 bits per heavy atom. The standard InChI is InChI=1S/C18H21N3O6S/c1-20(2)18(25)15-10-14(11-21(15)3)28(26,27)19-13-6-4-5-12(9-13)16(22)7-8-17(23)24/h4-6,9-11,19H,7-8H2,1-3H3,(H,23,24). The number of amides is 1. The lowest BCUT2D eigenvalue weighted by atomic mass is 10.1. The number of sulfonamides is 1. The van der Waals surface area contributed by atoms with Crippen LogP contribution in [0.3, 0.4) is 0 Å². The number of aryl methyl sites for hydroxylation is 1. The van der Waals surface area contributed by atoms with E-state index >= 15 is 0 Å². The van der Waals surface area contributed by atoms with E-state index in [9.17, 15) is 22.8 Å². The summed E-state index contributed by atoms with van der Waals surface area (Å²) in [5.41, 5.74) is 0.575. The number of aromatic nitrogens is 1. The van der Waals surface area contributed by atoms with E-state index in [1.807, 2.05) is 0 Å². The van der Waals surface area contributed by atoms with Crippen molar-refractivity contribution >= 4 is 33.4 Å². The minimum absolute atomic E-state index is 0.0946. The largest absolute Gasteiger partial charge is 0.481 e. The second-order valence-electron chi connectivity index (χ2n) is 6.37. The van der Waals surface area contributed by atoms with Crippen LogP contribution in [0.4, 0.5) is 5.69 Å². The lowest BCUT2D eigenvalue weighted by Gasteiger charge is -2.10. The van der Waals surface area contributed by atoms with Crippen LogP contribution in [0, 0.1) is 0 Å². The normalized spacial score (nSPS) is 11.1. The summed E-state index contributed by atoms with van der Waals surface area (Å²) < 4.78 is 29.1. The molecule has 2 rings (SSSR count). The maximum absolute atomic E-state index is 12.6. The maximum Gasteiger partial charge on any atom is 0.303 e. The Kier molecular flexibility index (Phi) is 6.24. The van der Waals surface area contributed by atoms with Gasteiger partial charge in [0.2, 0.25) is 0 Å². The summed E-state index contributed by atoms with van der Waals surface area (Å²) in [6.07, 6.45) is 0.836. The molecule has 0 aliphatic heterocycles. The molecule has 0 saturated heterocycles. The number of ketones is 1. The van der Waals surface area contributed by atoms with Crippen LogP contribution in [-0.2, 0) is 21.9 Å². The molecule has 1 aromatic carbocycles. The zero-order chi connectivity index (χ0) is 21.1. The number of aliphatic carboxylic acids is 1. The smallest absolute Gasteiger partial charge is 0.303 e. The Morgan fingerprint density at radius 3 is 2.43 bits per heavy atom. The molecule has 0 bridgehead atoms. The van der Waals surface area contributed by atoms with Crippen molar-refractivity contribution in [3.05, 3.63) is 47.8 Å². The van der Waals surface area contributed by atoms with Crippen molar-refractivity contribution in [2.24, 2.45) is 7.05 Å². The number of Topliss-reactive ketones (excluding diaryl/α,β-unsaturated/α-hetero) is 1. The van der Waals surface area contributed by atoms with Gasteiger partial charge in [0, 0.05) is 45.0 Å². The van der Waals surface area contributed by atoms with E-state index in [2.05, 4.69) is 4.72 Å². The fraction of sp³-hybridized carbons (Fsp3) is 0.278. The van der Waals surface area contributed by atoms with Crippen LogP contribution in [-0.4, -0.2) is 54.7 Å². The maximum atomic E-state index is 12.6. The van der Waals surface area contributed by atoms with Crippen LogP contribution in [0.25, 0.3) is 0 Å². The first kappa shape index (κ1) is 21.2. The molecule has 0 unspecified atom stereocenters. The van der Waals surface area contributed by atoms with E-state index in [-0.39, 0.29) is 40.6 Å². The number of carbonyl (C=O) groups is 3. The molecule has 0 fully saturated rings. The van der Waals surface area contributed by atoms with Gasteiger partial charge >= 0.3 is 5.97 Å². The third kappa shape index (κ3) is 4.97. The van der Waals surface area contributed by atoms with Gasteiger partial charge in [0.15, 0.2) is 5.78 Å².